The largest absolute Gasteiger partial charge is 0.152 e. The summed E-state index contributed by atoms with van der Waals surface area (Å²) in [6.45, 7) is 11.5. The van der Waals surface area contributed by atoms with Crippen molar-refractivity contribution in [2.75, 3.05) is 0 Å². The molecule has 72 valence electrons. The Bertz CT molecular complexity index is 279. The van der Waals surface area contributed by atoms with Gasteiger partial charge < -0.3 is 0 Å². The van der Waals surface area contributed by atoms with E-state index >= 15 is 0 Å². The van der Waals surface area contributed by atoms with Gasteiger partial charge in [0.2, 0.25) is 0 Å². The second-order valence-corrected chi connectivity index (χ2v) is 13.7. The van der Waals surface area contributed by atoms with Gasteiger partial charge in [0.15, 0.2) is 0 Å². The first kappa shape index (κ1) is 10.9. The summed E-state index contributed by atoms with van der Waals surface area (Å²) >= 11 is 2.07. The lowest BCUT2D eigenvalue weighted by Crippen LogP contribution is -2.13. The van der Waals surface area contributed by atoms with Crippen molar-refractivity contribution in [1.82, 2.24) is 0 Å². The van der Waals surface area contributed by atoms with Crippen molar-refractivity contribution in [3.05, 3.63) is 29.3 Å². The first-order chi connectivity index (χ1) is 5.87. The summed E-state index contributed by atoms with van der Waals surface area (Å²) in [4.78, 5) is 1.44. The summed E-state index contributed by atoms with van der Waals surface area (Å²) < 4.78 is 0. The molecule has 0 bridgehead atoms. The van der Waals surface area contributed by atoms with Crippen molar-refractivity contribution < 1.29 is 0 Å². The van der Waals surface area contributed by atoms with Crippen molar-refractivity contribution in [1.29, 1.82) is 0 Å². The van der Waals surface area contributed by atoms with E-state index in [0.29, 0.717) is 0 Å². The summed E-state index contributed by atoms with van der Waals surface area (Å²) in [7, 11) is -1.03. The van der Waals surface area contributed by atoms with E-state index in [4.69, 9.17) is 0 Å². The third-order valence-corrected chi connectivity index (χ3v) is 5.25. The molecule has 0 aliphatic heterocycles. The zero-order chi connectivity index (χ0) is 10.1. The Hall–Kier alpha value is -0.213. The Balaban J connectivity index is 2.90. The predicted octanol–water partition coefficient (Wildman–Crippen LogP) is 4.23. The lowest BCUT2D eigenvalue weighted by molar-refractivity contribution is 1.30. The standard InChI is InChI=1S/C11H18SSi/c1-9-6-10(2)8-11(7-9)12-13(3,4)5/h6-8H,1-5H3. The molecule has 0 atom stereocenters. The average Bonchev–Trinajstić information content (AvgIpc) is 1.78. The quantitative estimate of drug-likeness (QED) is 0.658. The molecule has 0 fully saturated rings. The Morgan fingerprint density at radius 2 is 1.38 bits per heavy atom. The van der Waals surface area contributed by atoms with Crippen LogP contribution in [0.5, 0.6) is 0 Å². The lowest BCUT2D eigenvalue weighted by atomic mass is 10.2. The summed E-state index contributed by atoms with van der Waals surface area (Å²) in [5, 5.41) is 0. The third kappa shape index (κ3) is 4.01. The second-order valence-electron chi connectivity index (χ2n) is 4.54. The molecule has 0 saturated carbocycles. The van der Waals surface area contributed by atoms with Crippen LogP contribution in [0, 0.1) is 13.8 Å². The maximum atomic E-state index is 2.38. The van der Waals surface area contributed by atoms with Crippen molar-refractivity contribution in [2.24, 2.45) is 0 Å². The van der Waals surface area contributed by atoms with Crippen LogP contribution in [-0.2, 0) is 0 Å². The zero-order valence-corrected chi connectivity index (χ0v) is 11.0. The van der Waals surface area contributed by atoms with Gasteiger partial charge in [0.25, 0.3) is 0 Å². The van der Waals surface area contributed by atoms with Gasteiger partial charge in [0.05, 0.1) is 0 Å². The molecule has 0 aliphatic rings. The molecular formula is C11H18SSi. The Morgan fingerprint density at radius 1 is 0.923 bits per heavy atom. The molecule has 2 heteroatoms. The smallest absolute Gasteiger partial charge is 0.114 e. The molecule has 0 heterocycles. The monoisotopic (exact) mass is 210 g/mol. The minimum absolute atomic E-state index is 1.03. The Labute approximate surface area is 86.4 Å². The van der Waals surface area contributed by atoms with Gasteiger partial charge in [-0.15, -0.1) is 0 Å². The molecule has 0 aliphatic carbocycles. The topological polar surface area (TPSA) is 0 Å². The van der Waals surface area contributed by atoms with Crippen molar-refractivity contribution >= 4 is 18.4 Å². The van der Waals surface area contributed by atoms with Crippen LogP contribution in [0.25, 0.3) is 0 Å². The molecule has 1 rings (SSSR count). The molecule has 0 N–H and O–H groups in total. The number of hydrogen-bond acceptors (Lipinski definition) is 1. The van der Waals surface area contributed by atoms with Gasteiger partial charge >= 0.3 is 0 Å². The molecule has 0 radical (unpaired) electrons. The van der Waals surface area contributed by atoms with Crippen LogP contribution in [-0.4, -0.2) is 7.22 Å². The Kier molecular flexibility index (Phi) is 3.25. The van der Waals surface area contributed by atoms with E-state index in [2.05, 4.69) is 62.9 Å². The van der Waals surface area contributed by atoms with Gasteiger partial charge in [0.1, 0.15) is 7.22 Å². The highest BCUT2D eigenvalue weighted by Crippen LogP contribution is 2.30. The minimum Gasteiger partial charge on any atom is -0.152 e. The van der Waals surface area contributed by atoms with E-state index in [1.807, 2.05) is 0 Å². The molecule has 0 amide bonds. The highest BCUT2D eigenvalue weighted by molar-refractivity contribution is 8.28. The van der Waals surface area contributed by atoms with Crippen LogP contribution in [0.1, 0.15) is 11.1 Å². The fraction of sp³-hybridized carbons (Fsp3) is 0.455. The summed E-state index contributed by atoms with van der Waals surface area (Å²) in [5.41, 5.74) is 2.75. The van der Waals surface area contributed by atoms with E-state index in [0.717, 1.165) is 0 Å². The van der Waals surface area contributed by atoms with Crippen LogP contribution in [0.3, 0.4) is 0 Å². The molecule has 1 aromatic rings. The van der Waals surface area contributed by atoms with E-state index in [9.17, 15) is 0 Å². The minimum atomic E-state index is -1.03. The number of benzene rings is 1. The van der Waals surface area contributed by atoms with Gasteiger partial charge in [-0.25, -0.2) is 0 Å². The number of hydrogen-bond donors (Lipinski definition) is 0. The van der Waals surface area contributed by atoms with Crippen LogP contribution in [0.2, 0.25) is 19.6 Å². The first-order valence-electron chi connectivity index (χ1n) is 4.64. The molecule has 0 spiro atoms. The molecular weight excluding hydrogens is 192 g/mol. The first-order valence-corrected chi connectivity index (χ1v) is 9.68. The SMILES string of the molecule is Cc1cc(C)cc(S[Si](C)(C)C)c1. The fourth-order valence-corrected chi connectivity index (χ4v) is 5.02. The fourth-order valence-electron chi connectivity index (χ4n) is 1.35. The van der Waals surface area contributed by atoms with Crippen molar-refractivity contribution in [3.8, 4) is 0 Å². The lowest BCUT2D eigenvalue weighted by Gasteiger charge is -2.15. The van der Waals surface area contributed by atoms with E-state index in [1.165, 1.54) is 16.0 Å². The van der Waals surface area contributed by atoms with Crippen LogP contribution in [0.15, 0.2) is 23.1 Å². The van der Waals surface area contributed by atoms with E-state index in [-0.39, 0.29) is 0 Å². The van der Waals surface area contributed by atoms with Crippen LogP contribution < -0.4 is 0 Å². The molecule has 0 saturated heterocycles. The Morgan fingerprint density at radius 3 is 1.77 bits per heavy atom. The molecule has 0 nitrogen and oxygen atoms in total. The van der Waals surface area contributed by atoms with E-state index < -0.39 is 7.22 Å². The third-order valence-electron chi connectivity index (χ3n) is 1.62. The van der Waals surface area contributed by atoms with Gasteiger partial charge in [-0.3, -0.25) is 0 Å². The highest BCUT2D eigenvalue weighted by Gasteiger charge is 2.14. The van der Waals surface area contributed by atoms with Crippen LogP contribution in [0.4, 0.5) is 0 Å². The molecule has 1 aromatic carbocycles. The van der Waals surface area contributed by atoms with Gasteiger partial charge in [-0.1, -0.05) is 25.7 Å². The number of aryl methyl sites for hydroxylation is 2. The van der Waals surface area contributed by atoms with Gasteiger partial charge in [-0.05, 0) is 37.1 Å². The normalized spacial score (nSPS) is 11.8. The van der Waals surface area contributed by atoms with Gasteiger partial charge in [-0.2, -0.15) is 11.2 Å². The second kappa shape index (κ2) is 3.89. The maximum Gasteiger partial charge on any atom is 0.114 e. The summed E-state index contributed by atoms with van der Waals surface area (Å²) in [5.74, 6) is 0. The van der Waals surface area contributed by atoms with Crippen molar-refractivity contribution in [2.45, 2.75) is 38.4 Å². The number of rotatable bonds is 2. The zero-order valence-electron chi connectivity index (χ0n) is 9.14. The van der Waals surface area contributed by atoms with Gasteiger partial charge in [0, 0.05) is 4.90 Å². The average molecular weight is 210 g/mol. The summed E-state index contributed by atoms with van der Waals surface area (Å²) in [6.07, 6.45) is 0. The maximum absolute atomic E-state index is 2.38. The van der Waals surface area contributed by atoms with Crippen molar-refractivity contribution in [3.63, 3.8) is 0 Å². The predicted molar refractivity (Wildman–Crippen MR) is 65.1 cm³/mol. The molecule has 0 unspecified atom stereocenters. The highest BCUT2D eigenvalue weighted by atomic mass is 32.4. The van der Waals surface area contributed by atoms with E-state index in [1.54, 1.807) is 0 Å². The molecule has 0 aromatic heterocycles. The van der Waals surface area contributed by atoms with Crippen LogP contribution >= 0.6 is 11.2 Å². The summed E-state index contributed by atoms with van der Waals surface area (Å²) in [6, 6.07) is 6.81. The molecule has 13 heavy (non-hydrogen) atoms.